The first-order valence-corrected chi connectivity index (χ1v) is 19.1. The minimum atomic E-state index is 0.584. The lowest BCUT2D eigenvalue weighted by Gasteiger charge is -2.12. The summed E-state index contributed by atoms with van der Waals surface area (Å²) in [5, 5.41) is 6.96. The molecule has 4 aromatic heterocycles. The molecule has 0 unspecified atom stereocenters. The molecule has 0 saturated heterocycles. The highest BCUT2D eigenvalue weighted by atomic mass is 16.3. The van der Waals surface area contributed by atoms with E-state index in [-0.39, 0.29) is 0 Å². The lowest BCUT2D eigenvalue weighted by Crippen LogP contribution is -2.01. The molecule has 0 N–H and O–H groups in total. The smallest absolute Gasteiger partial charge is 0.164 e. The van der Waals surface area contributed by atoms with Crippen LogP contribution in [0.15, 0.2) is 192 Å². The molecule has 0 atom stereocenters. The Kier molecular flexibility index (Phi) is 6.83. The van der Waals surface area contributed by atoms with E-state index in [1.165, 1.54) is 32.6 Å². The number of aromatic nitrogens is 5. The zero-order chi connectivity index (χ0) is 37.5. The fraction of sp³-hybridized carbons (Fsp3) is 0. The van der Waals surface area contributed by atoms with Gasteiger partial charge in [-0.05, 0) is 66.7 Å². The predicted molar refractivity (Wildman–Crippen MR) is 232 cm³/mol. The van der Waals surface area contributed by atoms with Crippen molar-refractivity contribution in [2.45, 2.75) is 0 Å². The van der Waals surface area contributed by atoms with Gasteiger partial charge in [-0.25, -0.2) is 15.0 Å². The molecule has 57 heavy (non-hydrogen) atoms. The second-order valence-electron chi connectivity index (χ2n) is 14.5. The number of hydrogen-bond acceptors (Lipinski definition) is 4. The second kappa shape index (κ2) is 12.3. The van der Waals surface area contributed by atoms with Crippen LogP contribution in [0.25, 0.3) is 111 Å². The van der Waals surface area contributed by atoms with Gasteiger partial charge in [0, 0.05) is 60.4 Å². The van der Waals surface area contributed by atoms with Gasteiger partial charge >= 0.3 is 0 Å². The summed E-state index contributed by atoms with van der Waals surface area (Å²) in [6.45, 7) is 0. The van der Waals surface area contributed by atoms with Gasteiger partial charge in [0.05, 0.1) is 22.1 Å². The Balaban J connectivity index is 1.06. The van der Waals surface area contributed by atoms with Crippen LogP contribution in [0.2, 0.25) is 0 Å². The third-order valence-corrected chi connectivity index (χ3v) is 11.1. The van der Waals surface area contributed by atoms with Crippen molar-refractivity contribution in [3.8, 4) is 45.5 Å². The molecule has 0 aliphatic heterocycles. The fourth-order valence-corrected chi connectivity index (χ4v) is 8.56. The molecule has 0 saturated carbocycles. The fourth-order valence-electron chi connectivity index (χ4n) is 8.56. The van der Waals surface area contributed by atoms with Gasteiger partial charge in [0.2, 0.25) is 0 Å². The van der Waals surface area contributed by atoms with Gasteiger partial charge in [0.25, 0.3) is 0 Å². The number of nitrogens with zero attached hydrogens (tertiary/aromatic N) is 5. The van der Waals surface area contributed by atoms with Crippen molar-refractivity contribution >= 4 is 65.6 Å². The molecule has 0 bridgehead atoms. The van der Waals surface area contributed by atoms with Crippen LogP contribution in [0.4, 0.5) is 0 Å². The van der Waals surface area contributed by atoms with Crippen LogP contribution < -0.4 is 0 Å². The van der Waals surface area contributed by atoms with Crippen molar-refractivity contribution in [2.24, 2.45) is 0 Å². The summed E-state index contributed by atoms with van der Waals surface area (Å²) < 4.78 is 11.0. The Morgan fingerprint density at radius 2 is 0.789 bits per heavy atom. The molecule has 266 valence electrons. The highest BCUT2D eigenvalue weighted by Crippen LogP contribution is 2.40. The van der Waals surface area contributed by atoms with E-state index in [1.54, 1.807) is 0 Å². The second-order valence-corrected chi connectivity index (χ2v) is 14.5. The van der Waals surface area contributed by atoms with Crippen molar-refractivity contribution < 1.29 is 4.42 Å². The predicted octanol–water partition coefficient (Wildman–Crippen LogP) is 13.0. The molecular weight excluding hydrogens is 699 g/mol. The summed E-state index contributed by atoms with van der Waals surface area (Å²) in [7, 11) is 0. The first kappa shape index (κ1) is 31.5. The summed E-state index contributed by atoms with van der Waals surface area (Å²) >= 11 is 0. The normalized spacial score (nSPS) is 11.9. The van der Waals surface area contributed by atoms with Crippen LogP contribution in [0.3, 0.4) is 0 Å². The van der Waals surface area contributed by atoms with Crippen LogP contribution in [0.5, 0.6) is 0 Å². The number of furan rings is 1. The minimum absolute atomic E-state index is 0.584. The third-order valence-electron chi connectivity index (χ3n) is 11.1. The van der Waals surface area contributed by atoms with Gasteiger partial charge < -0.3 is 13.6 Å². The molecule has 0 amide bonds. The van der Waals surface area contributed by atoms with Crippen molar-refractivity contribution in [3.05, 3.63) is 188 Å². The first-order chi connectivity index (χ1) is 28.2. The van der Waals surface area contributed by atoms with Gasteiger partial charge in [-0.3, -0.25) is 0 Å². The molecular formula is C51H31N5O. The Hall–Kier alpha value is -7.83. The van der Waals surface area contributed by atoms with E-state index in [9.17, 15) is 0 Å². The first-order valence-electron chi connectivity index (χ1n) is 19.1. The van der Waals surface area contributed by atoms with E-state index in [1.807, 2.05) is 54.6 Å². The van der Waals surface area contributed by atoms with Crippen molar-refractivity contribution in [2.75, 3.05) is 0 Å². The largest absolute Gasteiger partial charge is 0.456 e. The highest BCUT2D eigenvalue weighted by Gasteiger charge is 2.20. The maximum absolute atomic E-state index is 6.27. The number of hydrogen-bond donors (Lipinski definition) is 0. The molecule has 0 aliphatic carbocycles. The number of fused-ring (bicyclic) bond motifs is 9. The van der Waals surface area contributed by atoms with Crippen LogP contribution in [-0.2, 0) is 0 Å². The third kappa shape index (κ3) is 4.94. The number of benzene rings is 8. The molecule has 8 aromatic carbocycles. The van der Waals surface area contributed by atoms with Gasteiger partial charge in [-0.2, -0.15) is 0 Å². The Morgan fingerprint density at radius 3 is 1.47 bits per heavy atom. The molecule has 0 radical (unpaired) electrons. The Morgan fingerprint density at radius 1 is 0.298 bits per heavy atom. The maximum Gasteiger partial charge on any atom is 0.164 e. The molecule has 6 heteroatoms. The summed E-state index contributed by atoms with van der Waals surface area (Å²) in [6.07, 6.45) is 0. The monoisotopic (exact) mass is 729 g/mol. The highest BCUT2D eigenvalue weighted by molar-refractivity contribution is 6.19. The van der Waals surface area contributed by atoms with Crippen LogP contribution >= 0.6 is 0 Å². The average molecular weight is 730 g/mol. The van der Waals surface area contributed by atoms with E-state index < -0.39 is 0 Å². The van der Waals surface area contributed by atoms with E-state index in [2.05, 4.69) is 143 Å². The van der Waals surface area contributed by atoms with Crippen molar-refractivity contribution in [3.63, 3.8) is 0 Å². The zero-order valence-corrected chi connectivity index (χ0v) is 30.5. The van der Waals surface area contributed by atoms with Gasteiger partial charge in [0.1, 0.15) is 11.2 Å². The van der Waals surface area contributed by atoms with E-state index in [0.29, 0.717) is 17.5 Å². The van der Waals surface area contributed by atoms with Crippen LogP contribution in [0, 0.1) is 0 Å². The summed E-state index contributed by atoms with van der Waals surface area (Å²) in [6, 6.07) is 65.7. The lowest BCUT2D eigenvalue weighted by atomic mass is 10.1. The molecule has 0 aliphatic rings. The van der Waals surface area contributed by atoms with E-state index in [4.69, 9.17) is 19.4 Å². The van der Waals surface area contributed by atoms with Crippen LogP contribution in [-0.4, -0.2) is 24.1 Å². The average Bonchev–Trinajstić information content (AvgIpc) is 3.93. The molecule has 6 nitrogen and oxygen atoms in total. The maximum atomic E-state index is 6.27. The summed E-state index contributed by atoms with van der Waals surface area (Å²) in [5.74, 6) is 1.79. The van der Waals surface area contributed by atoms with E-state index >= 15 is 0 Å². The Labute approximate surface area is 326 Å². The Bertz CT molecular complexity index is 3520. The SMILES string of the molecule is c1ccc(-c2nc(-c3cccc(-n4c5ccccc5c5cc6c(cc54)c4ccccc4n6-c4ccccc4)c3)nc(-c3ccc4c(c3)oc3ccccc34)n2)cc1. The molecule has 0 spiro atoms. The van der Waals surface area contributed by atoms with Crippen molar-refractivity contribution in [1.29, 1.82) is 0 Å². The standard InChI is InChI=1S/C51H31N5O/c1-3-14-32(15-4-1)49-52-50(54-51(53-49)34-26-27-40-39-22-9-12-25-47(39)57-48(40)29-34)33-16-13-19-36(28-33)56-44-24-11-8-21-38(44)42-30-45-41(31-46(42)56)37-20-7-10-23-43(37)55(45)35-17-5-2-6-18-35/h1-31H. The quantitative estimate of drug-likeness (QED) is 0.177. The topological polar surface area (TPSA) is 61.7 Å². The van der Waals surface area contributed by atoms with Crippen LogP contribution in [0.1, 0.15) is 0 Å². The molecule has 12 aromatic rings. The van der Waals surface area contributed by atoms with Gasteiger partial charge in [-0.15, -0.1) is 0 Å². The van der Waals surface area contributed by atoms with Gasteiger partial charge in [0.15, 0.2) is 17.5 Å². The molecule has 12 rings (SSSR count). The molecule has 0 fully saturated rings. The zero-order valence-electron chi connectivity index (χ0n) is 30.5. The summed E-state index contributed by atoms with van der Waals surface area (Å²) in [4.78, 5) is 15.3. The molecule has 4 heterocycles. The minimum Gasteiger partial charge on any atom is -0.456 e. The number of para-hydroxylation sites is 4. The number of rotatable bonds is 5. The van der Waals surface area contributed by atoms with Gasteiger partial charge in [-0.1, -0.05) is 121 Å². The lowest BCUT2D eigenvalue weighted by molar-refractivity contribution is 0.669. The van der Waals surface area contributed by atoms with E-state index in [0.717, 1.165) is 61.0 Å². The van der Waals surface area contributed by atoms with Crippen molar-refractivity contribution in [1.82, 2.24) is 24.1 Å². The summed E-state index contributed by atoms with van der Waals surface area (Å²) in [5.41, 5.74) is 11.1.